The number of piperidine rings is 1. The number of carbonyl (C=O) groups is 2. The molecule has 43 heavy (non-hydrogen) atoms. The third-order valence-electron chi connectivity index (χ3n) is 8.45. The van der Waals surface area contributed by atoms with Crippen LogP contribution >= 0.6 is 35.6 Å². The zero-order valence-corrected chi connectivity index (χ0v) is 26.8. The Morgan fingerprint density at radius 1 is 0.977 bits per heavy atom. The number of hydrogen-bond donors (Lipinski definition) is 2. The van der Waals surface area contributed by atoms with Crippen LogP contribution in [0.5, 0.6) is 0 Å². The van der Waals surface area contributed by atoms with Crippen molar-refractivity contribution in [3.63, 3.8) is 0 Å². The Balaban J connectivity index is 0.00000423. The average molecular weight is 643 g/mol. The fourth-order valence-corrected chi connectivity index (χ4v) is 6.72. The van der Waals surface area contributed by atoms with Gasteiger partial charge in [0.05, 0.1) is 16.3 Å². The van der Waals surface area contributed by atoms with Gasteiger partial charge in [-0.3, -0.25) is 14.5 Å². The van der Waals surface area contributed by atoms with Crippen molar-refractivity contribution in [1.82, 2.24) is 15.5 Å². The predicted octanol–water partition coefficient (Wildman–Crippen LogP) is 7.68. The van der Waals surface area contributed by atoms with E-state index in [0.717, 1.165) is 61.9 Å². The number of amides is 2. The molecule has 6 nitrogen and oxygen atoms in total. The fourth-order valence-electron chi connectivity index (χ4n) is 6.41. The maximum absolute atomic E-state index is 14.2. The molecule has 2 amide bonds. The Morgan fingerprint density at radius 3 is 2.35 bits per heavy atom. The van der Waals surface area contributed by atoms with E-state index in [-0.39, 0.29) is 35.9 Å². The van der Waals surface area contributed by atoms with E-state index < -0.39 is 11.1 Å². The van der Waals surface area contributed by atoms with Gasteiger partial charge in [0.1, 0.15) is 11.1 Å². The molecule has 1 aliphatic carbocycles. The third-order valence-corrected chi connectivity index (χ3v) is 9.19. The number of carbonyl (C=O) groups excluding carboxylic acids is 2. The summed E-state index contributed by atoms with van der Waals surface area (Å²) in [6, 6.07) is 18.9. The maximum Gasteiger partial charge on any atom is 0.288 e. The van der Waals surface area contributed by atoms with Crippen LogP contribution in [-0.4, -0.2) is 42.4 Å². The normalized spacial score (nSPS) is 22.7. The van der Waals surface area contributed by atoms with Gasteiger partial charge in [-0.2, -0.15) is 0 Å². The van der Waals surface area contributed by atoms with E-state index in [1.54, 1.807) is 19.2 Å². The summed E-state index contributed by atoms with van der Waals surface area (Å²) in [5, 5.41) is 7.18. The number of rotatable bonds is 9. The van der Waals surface area contributed by atoms with Gasteiger partial charge < -0.3 is 15.1 Å². The summed E-state index contributed by atoms with van der Waals surface area (Å²) >= 11 is 12.9. The van der Waals surface area contributed by atoms with E-state index in [4.69, 9.17) is 27.6 Å². The van der Waals surface area contributed by atoms with Crippen molar-refractivity contribution in [2.24, 2.45) is 0 Å². The molecule has 0 radical (unpaired) electrons. The Hall–Kier alpha value is -3.03. The molecule has 3 atom stereocenters. The smallest absolute Gasteiger partial charge is 0.288 e. The summed E-state index contributed by atoms with van der Waals surface area (Å²) in [6.07, 6.45) is 12.3. The minimum atomic E-state index is -1.06. The fraction of sp³-hybridized carbons (Fsp3) is 0.353. The predicted molar refractivity (Wildman–Crippen MR) is 175 cm³/mol. The first-order valence-corrected chi connectivity index (χ1v) is 15.4. The molecule has 2 heterocycles. The zero-order chi connectivity index (χ0) is 29.7. The molecule has 1 saturated heterocycles. The van der Waals surface area contributed by atoms with Crippen LogP contribution in [0.15, 0.2) is 95.1 Å². The van der Waals surface area contributed by atoms with E-state index in [1.165, 1.54) is 6.26 Å². The minimum Gasteiger partial charge on any atom is -0.459 e. The number of benzene rings is 2. The summed E-state index contributed by atoms with van der Waals surface area (Å²) in [4.78, 5) is 30.1. The van der Waals surface area contributed by atoms with Crippen LogP contribution in [-0.2, 0) is 10.3 Å². The van der Waals surface area contributed by atoms with E-state index in [9.17, 15) is 9.59 Å². The molecule has 2 aromatic carbocycles. The number of halogens is 3. The Labute approximate surface area is 269 Å². The lowest BCUT2D eigenvalue weighted by molar-refractivity contribution is -0.129. The minimum absolute atomic E-state index is 0. The quantitative estimate of drug-likeness (QED) is 0.235. The summed E-state index contributed by atoms with van der Waals surface area (Å²) in [5.41, 5.74) is 0.629. The first-order chi connectivity index (χ1) is 20.3. The summed E-state index contributed by atoms with van der Waals surface area (Å²) < 4.78 is 5.46. The van der Waals surface area contributed by atoms with Crippen molar-refractivity contribution < 1.29 is 14.0 Å². The second-order valence-corrected chi connectivity index (χ2v) is 11.8. The van der Waals surface area contributed by atoms with Gasteiger partial charge in [0, 0.05) is 13.0 Å². The topological polar surface area (TPSA) is 74.6 Å². The van der Waals surface area contributed by atoms with Gasteiger partial charge in [0.15, 0.2) is 5.76 Å². The molecule has 228 valence electrons. The molecule has 3 unspecified atom stereocenters. The molecule has 0 spiro atoms. The third kappa shape index (κ3) is 6.44. The second-order valence-electron chi connectivity index (χ2n) is 11.0. The summed E-state index contributed by atoms with van der Waals surface area (Å²) in [6.45, 7) is 3.70. The Kier molecular flexibility index (Phi) is 10.8. The van der Waals surface area contributed by atoms with E-state index in [0.29, 0.717) is 10.0 Å². The highest BCUT2D eigenvalue weighted by Crippen LogP contribution is 2.47. The van der Waals surface area contributed by atoms with Gasteiger partial charge in [-0.25, -0.2) is 0 Å². The lowest BCUT2D eigenvalue weighted by atomic mass is 9.67. The largest absolute Gasteiger partial charge is 0.459 e. The SMILES string of the molecule is CCCC(C1=CC(NC(=O)c2ccco2)(c2ccccc2)C=CC1(C(=O)NC)N1CCCCC1)c1ccc(Cl)c(Cl)c1.Cl. The van der Waals surface area contributed by atoms with Crippen LogP contribution in [0.3, 0.4) is 0 Å². The van der Waals surface area contributed by atoms with Crippen LogP contribution in [0.1, 0.15) is 66.6 Å². The standard InChI is InChI=1S/C34H37Cl2N3O3.ClH/c1-3-11-26(24-15-16-28(35)29(36)22-24)27-23-33(25-12-6-4-7-13-25,38-31(40)30-14-10-21-42-30)17-18-34(27,32(41)37-2)39-19-8-5-9-20-39;/h4,6-7,10,12-18,21-23,26H,3,5,8-9,11,19-20H2,1-2H3,(H,37,41)(H,38,40);1H. The molecule has 3 aromatic rings. The molecule has 1 aromatic heterocycles. The number of hydrogen-bond acceptors (Lipinski definition) is 4. The van der Waals surface area contributed by atoms with E-state index >= 15 is 0 Å². The van der Waals surface area contributed by atoms with Crippen molar-refractivity contribution in [3.05, 3.63) is 118 Å². The highest BCUT2D eigenvalue weighted by Gasteiger charge is 2.51. The lowest BCUT2D eigenvalue weighted by Crippen LogP contribution is -2.62. The van der Waals surface area contributed by atoms with Gasteiger partial charge in [-0.05, 0) is 79.4 Å². The first-order valence-electron chi connectivity index (χ1n) is 14.6. The zero-order valence-electron chi connectivity index (χ0n) is 24.4. The number of nitrogens with one attached hydrogen (secondary N) is 2. The molecule has 0 bridgehead atoms. The average Bonchev–Trinajstić information content (AvgIpc) is 3.57. The first kappa shape index (κ1) is 32.9. The van der Waals surface area contributed by atoms with Crippen LogP contribution < -0.4 is 10.6 Å². The Morgan fingerprint density at radius 2 is 1.72 bits per heavy atom. The number of likely N-dealkylation sites (N-methyl/N-ethyl adjacent to an activating group) is 1. The Bertz CT molecular complexity index is 1470. The van der Waals surface area contributed by atoms with Gasteiger partial charge in [0.2, 0.25) is 5.91 Å². The molecule has 1 fully saturated rings. The van der Waals surface area contributed by atoms with Gasteiger partial charge >= 0.3 is 0 Å². The molecule has 1 aliphatic heterocycles. The van der Waals surface area contributed by atoms with Gasteiger partial charge in [-0.1, -0.05) is 91.5 Å². The highest BCUT2D eigenvalue weighted by molar-refractivity contribution is 6.42. The summed E-state index contributed by atoms with van der Waals surface area (Å²) in [7, 11) is 1.69. The van der Waals surface area contributed by atoms with Gasteiger partial charge in [-0.15, -0.1) is 12.4 Å². The molecule has 2 aliphatic rings. The molecule has 2 N–H and O–H groups in total. The van der Waals surface area contributed by atoms with Crippen LogP contribution in [0.2, 0.25) is 10.0 Å². The number of nitrogens with zero attached hydrogens (tertiary/aromatic N) is 1. The van der Waals surface area contributed by atoms with Gasteiger partial charge in [0.25, 0.3) is 5.91 Å². The highest BCUT2D eigenvalue weighted by atomic mass is 35.5. The second kappa shape index (κ2) is 14.2. The van der Waals surface area contributed by atoms with Crippen molar-refractivity contribution in [2.45, 2.75) is 56.0 Å². The molecular formula is C34H38Cl3N3O3. The maximum atomic E-state index is 14.2. The lowest BCUT2D eigenvalue weighted by Gasteiger charge is -2.50. The molecule has 9 heteroatoms. The van der Waals surface area contributed by atoms with Crippen LogP contribution in [0.25, 0.3) is 0 Å². The van der Waals surface area contributed by atoms with Crippen molar-refractivity contribution in [2.75, 3.05) is 20.1 Å². The van der Waals surface area contributed by atoms with Crippen molar-refractivity contribution in [3.8, 4) is 0 Å². The molecule has 0 saturated carbocycles. The molecule has 5 rings (SSSR count). The number of likely N-dealkylation sites (tertiary alicyclic amines) is 1. The summed E-state index contributed by atoms with van der Waals surface area (Å²) in [5.74, 6) is -0.428. The van der Waals surface area contributed by atoms with Crippen LogP contribution in [0, 0.1) is 0 Å². The van der Waals surface area contributed by atoms with E-state index in [2.05, 4.69) is 28.5 Å². The molecular weight excluding hydrogens is 605 g/mol. The monoisotopic (exact) mass is 641 g/mol. The van der Waals surface area contributed by atoms with E-state index in [1.807, 2.05) is 60.7 Å². The van der Waals surface area contributed by atoms with Crippen molar-refractivity contribution in [1.29, 1.82) is 0 Å². The van der Waals surface area contributed by atoms with Crippen LogP contribution in [0.4, 0.5) is 0 Å². The van der Waals surface area contributed by atoms with Crippen molar-refractivity contribution >= 4 is 47.4 Å². The number of furan rings is 1.